The average Bonchev–Trinajstić information content (AvgIpc) is 2.91. The minimum absolute atomic E-state index is 0.110. The summed E-state index contributed by atoms with van der Waals surface area (Å²) in [7, 11) is 0. The van der Waals surface area contributed by atoms with Gasteiger partial charge >= 0.3 is 0 Å². The maximum absolute atomic E-state index is 14.3. The summed E-state index contributed by atoms with van der Waals surface area (Å²) in [5.74, 6) is 1.34. The Morgan fingerprint density at radius 1 is 1.00 bits per heavy atom. The van der Waals surface area contributed by atoms with Crippen LogP contribution >= 0.6 is 0 Å². The van der Waals surface area contributed by atoms with Crippen LogP contribution in [0, 0.1) is 11.7 Å². The van der Waals surface area contributed by atoms with E-state index in [9.17, 15) is 9.18 Å². The fraction of sp³-hybridized carbons (Fsp3) is 0.414. The Kier molecular flexibility index (Phi) is 7.56. The Hall–Kier alpha value is -3.32. The molecule has 4 heterocycles. The third-order valence-electron chi connectivity index (χ3n) is 7.42. The van der Waals surface area contributed by atoms with Gasteiger partial charge in [-0.15, -0.1) is 0 Å². The second-order valence-corrected chi connectivity index (χ2v) is 10.1. The minimum Gasteiger partial charge on any atom is -0.357 e. The fourth-order valence-corrected chi connectivity index (χ4v) is 5.08. The van der Waals surface area contributed by atoms with Gasteiger partial charge in [0, 0.05) is 62.3 Å². The van der Waals surface area contributed by atoms with Crippen LogP contribution in [-0.2, 0) is 6.54 Å². The van der Waals surface area contributed by atoms with Crippen molar-refractivity contribution in [3.63, 3.8) is 0 Å². The lowest BCUT2D eigenvalue weighted by Crippen LogP contribution is -2.44. The number of nitrogens with zero attached hydrogens (tertiary/aromatic N) is 4. The molecule has 1 aromatic carbocycles. The number of amides is 1. The molecule has 2 fully saturated rings. The number of pyridine rings is 2. The van der Waals surface area contributed by atoms with Crippen LogP contribution in [-0.4, -0.2) is 53.0 Å². The zero-order valence-corrected chi connectivity index (χ0v) is 20.9. The lowest BCUT2D eigenvalue weighted by atomic mass is 9.99. The second-order valence-electron chi connectivity index (χ2n) is 10.1. The normalized spacial score (nSPS) is 17.8. The molecule has 6 nitrogen and oxygen atoms in total. The summed E-state index contributed by atoms with van der Waals surface area (Å²) in [6, 6.07) is 14.3. The van der Waals surface area contributed by atoms with Crippen LogP contribution in [0.4, 0.5) is 10.2 Å². The predicted molar refractivity (Wildman–Crippen MR) is 140 cm³/mol. The van der Waals surface area contributed by atoms with Crippen molar-refractivity contribution in [3.8, 4) is 11.3 Å². The number of carbonyl (C=O) groups is 1. The van der Waals surface area contributed by atoms with E-state index in [0.717, 1.165) is 57.3 Å². The highest BCUT2D eigenvalue weighted by atomic mass is 19.1. The van der Waals surface area contributed by atoms with Crippen LogP contribution in [0.25, 0.3) is 11.3 Å². The number of hydrogen-bond donors (Lipinski definition) is 1. The van der Waals surface area contributed by atoms with Gasteiger partial charge in [0.1, 0.15) is 11.6 Å². The molecule has 2 aliphatic rings. The molecule has 0 unspecified atom stereocenters. The van der Waals surface area contributed by atoms with E-state index in [1.165, 1.54) is 30.5 Å². The van der Waals surface area contributed by atoms with E-state index >= 15 is 0 Å². The van der Waals surface area contributed by atoms with Crippen LogP contribution in [0.5, 0.6) is 0 Å². The Balaban J connectivity index is 1.11. The molecule has 0 spiro atoms. The summed E-state index contributed by atoms with van der Waals surface area (Å²) in [4.78, 5) is 26.6. The van der Waals surface area contributed by atoms with Crippen molar-refractivity contribution in [2.45, 2.75) is 45.2 Å². The summed E-state index contributed by atoms with van der Waals surface area (Å²) in [5.41, 5.74) is 2.53. The number of anilines is 1. The fourth-order valence-electron chi connectivity index (χ4n) is 5.08. The van der Waals surface area contributed by atoms with Crippen molar-refractivity contribution in [2.24, 2.45) is 5.92 Å². The molecular weight excluding hydrogens is 453 g/mol. The molecule has 2 aromatic heterocycles. The van der Waals surface area contributed by atoms with Gasteiger partial charge in [-0.1, -0.05) is 19.1 Å². The van der Waals surface area contributed by atoms with Crippen molar-refractivity contribution >= 4 is 11.7 Å². The molecule has 1 N–H and O–H groups in total. The maximum Gasteiger partial charge on any atom is 0.251 e. The first-order valence-electron chi connectivity index (χ1n) is 13.0. The van der Waals surface area contributed by atoms with Gasteiger partial charge in [0.05, 0.1) is 5.69 Å². The van der Waals surface area contributed by atoms with Gasteiger partial charge in [-0.05, 0) is 73.6 Å². The Morgan fingerprint density at radius 2 is 1.81 bits per heavy atom. The van der Waals surface area contributed by atoms with Crippen molar-refractivity contribution in [3.05, 3.63) is 77.9 Å². The Bertz CT molecular complexity index is 1150. The molecule has 188 valence electrons. The number of nitrogens with one attached hydrogen (secondary N) is 1. The third kappa shape index (κ3) is 5.90. The summed E-state index contributed by atoms with van der Waals surface area (Å²) in [6.45, 7) is 7.21. The highest BCUT2D eigenvalue weighted by molar-refractivity contribution is 5.95. The molecule has 5 rings (SSSR count). The maximum atomic E-state index is 14.3. The number of halogens is 1. The van der Waals surface area contributed by atoms with E-state index < -0.39 is 0 Å². The Labute approximate surface area is 212 Å². The first kappa shape index (κ1) is 24.4. The van der Waals surface area contributed by atoms with Gasteiger partial charge < -0.3 is 10.2 Å². The lowest BCUT2D eigenvalue weighted by Gasteiger charge is -2.33. The number of hydrogen-bond acceptors (Lipinski definition) is 5. The molecule has 0 bridgehead atoms. The first-order chi connectivity index (χ1) is 17.5. The van der Waals surface area contributed by atoms with E-state index in [4.69, 9.17) is 4.98 Å². The molecule has 2 saturated heterocycles. The number of aromatic nitrogens is 2. The Morgan fingerprint density at radius 3 is 2.50 bits per heavy atom. The highest BCUT2D eigenvalue weighted by Crippen LogP contribution is 2.24. The molecule has 1 amide bonds. The van der Waals surface area contributed by atoms with Crippen molar-refractivity contribution < 1.29 is 9.18 Å². The van der Waals surface area contributed by atoms with Gasteiger partial charge in [-0.2, -0.15) is 0 Å². The van der Waals surface area contributed by atoms with E-state index in [0.29, 0.717) is 16.8 Å². The van der Waals surface area contributed by atoms with Crippen molar-refractivity contribution in [2.75, 3.05) is 31.1 Å². The lowest BCUT2D eigenvalue weighted by molar-refractivity contribution is 0.0909. The summed E-state index contributed by atoms with van der Waals surface area (Å²) in [5, 5.41) is 3.14. The summed E-state index contributed by atoms with van der Waals surface area (Å²) < 4.78 is 14.3. The first-order valence-corrected chi connectivity index (χ1v) is 13.0. The van der Waals surface area contributed by atoms with E-state index in [1.807, 2.05) is 12.3 Å². The van der Waals surface area contributed by atoms with Gasteiger partial charge in [0.2, 0.25) is 0 Å². The molecule has 2 aliphatic heterocycles. The van der Waals surface area contributed by atoms with Crippen molar-refractivity contribution in [1.29, 1.82) is 0 Å². The second kappa shape index (κ2) is 11.2. The SMILES string of the molecule is CC1CCN(c2ccc(CN3CCC(NC(=O)c4ccc(F)c(-c5ccccn5)c4)CC3)cn2)CC1. The van der Waals surface area contributed by atoms with Gasteiger partial charge in [-0.3, -0.25) is 14.7 Å². The molecule has 36 heavy (non-hydrogen) atoms. The molecule has 0 saturated carbocycles. The quantitative estimate of drug-likeness (QED) is 0.535. The van der Waals surface area contributed by atoms with Gasteiger partial charge in [-0.25, -0.2) is 9.37 Å². The molecule has 0 aliphatic carbocycles. The summed E-state index contributed by atoms with van der Waals surface area (Å²) >= 11 is 0. The van der Waals surface area contributed by atoms with Crippen LogP contribution in [0.2, 0.25) is 0 Å². The van der Waals surface area contributed by atoms with Crippen molar-refractivity contribution in [1.82, 2.24) is 20.2 Å². The number of piperidine rings is 2. The van der Waals surface area contributed by atoms with Crippen LogP contribution in [0.3, 0.4) is 0 Å². The van der Waals surface area contributed by atoms with Crippen LogP contribution in [0.15, 0.2) is 60.9 Å². The number of benzene rings is 1. The van der Waals surface area contributed by atoms with Crippen LogP contribution in [0.1, 0.15) is 48.5 Å². The smallest absolute Gasteiger partial charge is 0.251 e. The number of rotatable bonds is 6. The monoisotopic (exact) mass is 487 g/mol. The molecule has 0 radical (unpaired) electrons. The number of likely N-dealkylation sites (tertiary alicyclic amines) is 1. The highest BCUT2D eigenvalue weighted by Gasteiger charge is 2.22. The van der Waals surface area contributed by atoms with Crippen LogP contribution < -0.4 is 10.2 Å². The average molecular weight is 488 g/mol. The van der Waals surface area contributed by atoms with Gasteiger partial charge in [0.15, 0.2) is 0 Å². The van der Waals surface area contributed by atoms with E-state index in [2.05, 4.69) is 39.2 Å². The summed E-state index contributed by atoms with van der Waals surface area (Å²) in [6.07, 6.45) is 7.88. The predicted octanol–water partition coefficient (Wildman–Crippen LogP) is 4.91. The van der Waals surface area contributed by atoms with E-state index in [-0.39, 0.29) is 17.8 Å². The number of carbonyl (C=O) groups excluding carboxylic acids is 1. The minimum atomic E-state index is -0.383. The molecular formula is C29H34FN5O. The zero-order valence-electron chi connectivity index (χ0n) is 20.9. The van der Waals surface area contributed by atoms with E-state index in [1.54, 1.807) is 24.4 Å². The topological polar surface area (TPSA) is 61.4 Å². The standard InChI is InChI=1S/C29H34FN5O/c1-21-9-16-35(17-10-21)28-8-5-22(19-32-28)20-34-14-11-24(12-15-34)33-29(36)23-6-7-26(30)25(18-23)27-4-2-3-13-31-27/h2-8,13,18-19,21,24H,9-12,14-17,20H2,1H3,(H,33,36). The largest absolute Gasteiger partial charge is 0.357 e. The molecule has 7 heteroatoms. The van der Waals surface area contributed by atoms with Gasteiger partial charge in [0.25, 0.3) is 5.91 Å². The molecule has 3 aromatic rings. The zero-order chi connectivity index (χ0) is 24.9. The molecule has 0 atom stereocenters. The third-order valence-corrected chi connectivity index (χ3v) is 7.42.